The quantitative estimate of drug-likeness (QED) is 0.220. The van der Waals surface area contributed by atoms with Gasteiger partial charge in [-0.2, -0.15) is 4.98 Å². The van der Waals surface area contributed by atoms with Gasteiger partial charge in [0.25, 0.3) is 0 Å². The van der Waals surface area contributed by atoms with Gasteiger partial charge in [-0.1, -0.05) is 49.2 Å². The second-order valence-electron chi connectivity index (χ2n) is 11.7. The molecule has 0 bridgehead atoms. The number of methoxy groups -OCH3 is 2. The summed E-state index contributed by atoms with van der Waals surface area (Å²) in [6.07, 6.45) is 6.04. The van der Waals surface area contributed by atoms with Crippen LogP contribution in [0.15, 0.2) is 61.2 Å². The first kappa shape index (κ1) is 34.0. The van der Waals surface area contributed by atoms with E-state index in [9.17, 15) is 9.59 Å². The van der Waals surface area contributed by atoms with E-state index in [4.69, 9.17) is 42.6 Å². The fraction of sp³-hybridized carbons (Fsp3) is 0.382. The minimum absolute atomic E-state index is 0.0872. The summed E-state index contributed by atoms with van der Waals surface area (Å²) in [6.45, 7) is 5.98. The molecule has 2 amide bonds. The van der Waals surface area contributed by atoms with Gasteiger partial charge in [-0.25, -0.2) is 9.97 Å². The van der Waals surface area contributed by atoms with Crippen molar-refractivity contribution < 1.29 is 19.1 Å². The highest BCUT2D eigenvalue weighted by molar-refractivity contribution is 6.42. The molecule has 0 spiro atoms. The van der Waals surface area contributed by atoms with Crippen LogP contribution in [0.2, 0.25) is 10.0 Å². The summed E-state index contributed by atoms with van der Waals surface area (Å²) in [6, 6.07) is 12.5. The van der Waals surface area contributed by atoms with Crippen LogP contribution >= 0.6 is 23.2 Å². The van der Waals surface area contributed by atoms with E-state index in [1.54, 1.807) is 60.6 Å². The molecule has 2 aromatic heterocycles. The molecule has 1 saturated heterocycles. The lowest BCUT2D eigenvalue weighted by Gasteiger charge is -2.42. The highest BCUT2D eigenvalue weighted by atomic mass is 35.5. The second-order valence-corrected chi connectivity index (χ2v) is 12.5. The van der Waals surface area contributed by atoms with Crippen LogP contribution in [-0.4, -0.2) is 82.7 Å². The fourth-order valence-electron chi connectivity index (χ4n) is 5.55. The molecular formula is C34H39Cl2N7O4. The summed E-state index contributed by atoms with van der Waals surface area (Å²) >= 11 is 12.3. The highest BCUT2D eigenvalue weighted by Gasteiger charge is 2.33. The minimum atomic E-state index is -0.394. The van der Waals surface area contributed by atoms with E-state index in [1.165, 1.54) is 0 Å². The number of carbonyl (C=O) groups excluding carboxylic acids is 2. The molecule has 1 unspecified atom stereocenters. The number of hydrogen-bond donors (Lipinski definition) is 1. The molecule has 1 N–H and O–H groups in total. The number of piperazine rings is 1. The number of benzene rings is 2. The van der Waals surface area contributed by atoms with Crippen molar-refractivity contribution in [2.24, 2.45) is 0 Å². The number of ether oxygens (including phenoxy) is 2. The largest absolute Gasteiger partial charge is 0.493 e. The molecule has 5 rings (SSSR count). The first-order chi connectivity index (χ1) is 22.6. The molecular weight excluding hydrogens is 641 g/mol. The van der Waals surface area contributed by atoms with Gasteiger partial charge in [-0.15, -0.1) is 0 Å². The Morgan fingerprint density at radius 1 is 0.979 bits per heavy atom. The standard InChI is InChI=1S/C34H39Cl2N7O4/c1-22(2)28-19-31(40-34(39-28)42-12-11-37-21-42)41-13-14-43(33(45)17-24-5-7-26(35)27(36)15-24)25(20-41)18-32(44)38-10-9-23-6-8-29(46-3)30(16-23)47-4/h5-8,11-12,15-16,19,21-22,25H,9-10,13-14,17-18,20H2,1-4H3,(H,38,44). The number of halogens is 2. The molecule has 2 aromatic carbocycles. The Morgan fingerprint density at radius 3 is 2.47 bits per heavy atom. The monoisotopic (exact) mass is 679 g/mol. The fourth-order valence-corrected chi connectivity index (χ4v) is 5.87. The van der Waals surface area contributed by atoms with Crippen LogP contribution in [0.3, 0.4) is 0 Å². The minimum Gasteiger partial charge on any atom is -0.493 e. The zero-order chi connectivity index (χ0) is 33.5. The van der Waals surface area contributed by atoms with Gasteiger partial charge in [-0.05, 0) is 47.7 Å². The van der Waals surface area contributed by atoms with Gasteiger partial charge in [0.1, 0.15) is 12.1 Å². The maximum Gasteiger partial charge on any atom is 0.237 e. The summed E-state index contributed by atoms with van der Waals surface area (Å²) in [7, 11) is 3.19. The van der Waals surface area contributed by atoms with Crippen LogP contribution < -0.4 is 19.7 Å². The van der Waals surface area contributed by atoms with Crippen molar-refractivity contribution in [2.75, 3.05) is 45.3 Å². The van der Waals surface area contributed by atoms with Gasteiger partial charge >= 0.3 is 0 Å². The Labute approximate surface area is 284 Å². The SMILES string of the molecule is COc1ccc(CCNC(=O)CC2CN(c3cc(C(C)C)nc(-n4ccnc4)n3)CCN2C(=O)Cc2ccc(Cl)c(Cl)c2)cc1OC. The Hall–Kier alpha value is -4.35. The van der Waals surface area contributed by atoms with E-state index in [-0.39, 0.29) is 30.6 Å². The Bertz CT molecular complexity index is 1700. The Balaban J connectivity index is 1.33. The molecule has 248 valence electrons. The molecule has 4 aromatic rings. The maximum atomic E-state index is 13.7. The van der Waals surface area contributed by atoms with Gasteiger partial charge in [0.05, 0.1) is 42.4 Å². The molecule has 0 radical (unpaired) electrons. The molecule has 1 atom stereocenters. The van der Waals surface area contributed by atoms with Gasteiger partial charge in [0.2, 0.25) is 17.8 Å². The lowest BCUT2D eigenvalue weighted by molar-refractivity contribution is -0.134. The Kier molecular flexibility index (Phi) is 11.2. The van der Waals surface area contributed by atoms with E-state index >= 15 is 0 Å². The number of aromatic nitrogens is 4. The predicted octanol–water partition coefficient (Wildman–Crippen LogP) is 5.12. The molecule has 1 aliphatic heterocycles. The number of carbonyl (C=O) groups is 2. The molecule has 13 heteroatoms. The third-order valence-corrected chi connectivity index (χ3v) is 8.86. The molecule has 47 heavy (non-hydrogen) atoms. The zero-order valence-electron chi connectivity index (χ0n) is 27.0. The van der Waals surface area contributed by atoms with E-state index in [2.05, 4.69) is 29.0 Å². The normalized spacial score (nSPS) is 14.7. The van der Waals surface area contributed by atoms with Crippen molar-refractivity contribution in [1.29, 1.82) is 0 Å². The second kappa shape index (κ2) is 15.5. The highest BCUT2D eigenvalue weighted by Crippen LogP contribution is 2.28. The average Bonchev–Trinajstić information content (AvgIpc) is 3.61. The smallest absolute Gasteiger partial charge is 0.237 e. The van der Waals surface area contributed by atoms with E-state index < -0.39 is 6.04 Å². The molecule has 0 aliphatic carbocycles. The van der Waals surface area contributed by atoms with E-state index in [1.807, 2.05) is 24.3 Å². The van der Waals surface area contributed by atoms with Gasteiger partial charge in [0, 0.05) is 51.1 Å². The first-order valence-electron chi connectivity index (χ1n) is 15.5. The number of amides is 2. The first-order valence-corrected chi connectivity index (χ1v) is 16.2. The number of rotatable bonds is 12. The third kappa shape index (κ3) is 8.52. The van der Waals surface area contributed by atoms with Crippen molar-refractivity contribution in [3.05, 3.63) is 88.1 Å². The van der Waals surface area contributed by atoms with E-state index in [0.29, 0.717) is 60.1 Å². The zero-order valence-corrected chi connectivity index (χ0v) is 28.5. The summed E-state index contributed by atoms with van der Waals surface area (Å²) in [5.41, 5.74) is 2.65. The number of nitrogens with one attached hydrogen (secondary N) is 1. The molecule has 0 saturated carbocycles. The van der Waals surface area contributed by atoms with Crippen LogP contribution in [0.25, 0.3) is 5.95 Å². The van der Waals surface area contributed by atoms with Crippen molar-refractivity contribution in [2.45, 2.75) is 45.1 Å². The van der Waals surface area contributed by atoms with Crippen molar-refractivity contribution in [3.8, 4) is 17.4 Å². The summed E-state index contributed by atoms with van der Waals surface area (Å²) in [4.78, 5) is 44.7. The number of hydrogen-bond acceptors (Lipinski definition) is 8. The van der Waals surface area contributed by atoms with Crippen LogP contribution in [0.5, 0.6) is 11.5 Å². The number of anilines is 1. The molecule has 1 aliphatic rings. The molecule has 1 fully saturated rings. The Morgan fingerprint density at radius 2 is 1.77 bits per heavy atom. The van der Waals surface area contributed by atoms with E-state index in [0.717, 1.165) is 22.6 Å². The van der Waals surface area contributed by atoms with Crippen LogP contribution in [0.4, 0.5) is 5.82 Å². The summed E-state index contributed by atoms with van der Waals surface area (Å²) in [5, 5.41) is 3.86. The van der Waals surface area contributed by atoms with Crippen LogP contribution in [-0.2, 0) is 22.4 Å². The maximum absolute atomic E-state index is 13.7. The van der Waals surface area contributed by atoms with Crippen LogP contribution in [0, 0.1) is 0 Å². The third-order valence-electron chi connectivity index (χ3n) is 8.12. The van der Waals surface area contributed by atoms with Gasteiger partial charge in [-0.3, -0.25) is 14.2 Å². The number of nitrogens with zero attached hydrogens (tertiary/aromatic N) is 6. The topological polar surface area (TPSA) is 115 Å². The molecule has 3 heterocycles. The lowest BCUT2D eigenvalue weighted by Crippen LogP contribution is -2.57. The van der Waals surface area contributed by atoms with Gasteiger partial charge in [0.15, 0.2) is 11.5 Å². The van der Waals surface area contributed by atoms with Crippen LogP contribution in [0.1, 0.15) is 43.0 Å². The summed E-state index contributed by atoms with van der Waals surface area (Å²) in [5.74, 6) is 2.48. The number of imidazole rings is 1. The molecule has 11 nitrogen and oxygen atoms in total. The van der Waals surface area contributed by atoms with Crippen molar-refractivity contribution >= 4 is 40.8 Å². The lowest BCUT2D eigenvalue weighted by atomic mass is 10.0. The van der Waals surface area contributed by atoms with Crippen molar-refractivity contribution in [1.82, 2.24) is 29.7 Å². The average molecular weight is 681 g/mol. The summed E-state index contributed by atoms with van der Waals surface area (Å²) < 4.78 is 12.5. The van der Waals surface area contributed by atoms with Gasteiger partial charge < -0.3 is 24.6 Å². The van der Waals surface area contributed by atoms with Crippen molar-refractivity contribution in [3.63, 3.8) is 0 Å². The predicted molar refractivity (Wildman–Crippen MR) is 182 cm³/mol.